The van der Waals surface area contributed by atoms with Gasteiger partial charge < -0.3 is 0 Å². The molecular formula is C24H24N2. The molecule has 2 nitrogen and oxygen atoms in total. The Morgan fingerprint density at radius 3 is 2.46 bits per heavy atom. The molecule has 0 amide bonds. The van der Waals surface area contributed by atoms with Gasteiger partial charge in [-0.3, -0.25) is 0 Å². The van der Waals surface area contributed by atoms with E-state index >= 15 is 0 Å². The second kappa shape index (κ2) is 9.90. The number of hydrogen-bond acceptors (Lipinski definition) is 1. The number of nitrogens with zero attached hydrogens (tertiary/aromatic N) is 2. The van der Waals surface area contributed by atoms with Crippen molar-refractivity contribution >= 4 is 12.1 Å². The van der Waals surface area contributed by atoms with E-state index in [1.165, 1.54) is 5.56 Å². The highest BCUT2D eigenvalue weighted by molar-refractivity contribution is 6.05. The lowest BCUT2D eigenvalue weighted by Crippen LogP contribution is -2.00. The van der Waals surface area contributed by atoms with Gasteiger partial charge in [-0.05, 0) is 25.0 Å². The van der Waals surface area contributed by atoms with Crippen molar-refractivity contribution in [1.82, 2.24) is 0 Å². The molecule has 2 aromatic rings. The molecule has 0 radical (unpaired) electrons. The lowest BCUT2D eigenvalue weighted by atomic mass is 10.1. The molecule has 0 heterocycles. The monoisotopic (exact) mass is 340 g/mol. The maximum Gasteiger partial charge on any atom is 0.159 e. The molecule has 26 heavy (non-hydrogen) atoms. The van der Waals surface area contributed by atoms with Gasteiger partial charge in [0.25, 0.3) is 0 Å². The fourth-order valence-corrected chi connectivity index (χ4v) is 2.35. The van der Waals surface area contributed by atoms with E-state index in [4.69, 9.17) is 4.99 Å². The van der Waals surface area contributed by atoms with Gasteiger partial charge in [-0.1, -0.05) is 97.6 Å². The van der Waals surface area contributed by atoms with Gasteiger partial charge in [-0.25, -0.2) is 9.98 Å². The molecule has 2 heteroatoms. The highest BCUT2D eigenvalue weighted by atomic mass is 14.9. The van der Waals surface area contributed by atoms with Crippen LogP contribution in [0, 0.1) is 6.92 Å². The molecule has 0 spiro atoms. The van der Waals surface area contributed by atoms with Crippen molar-refractivity contribution in [2.24, 2.45) is 9.98 Å². The van der Waals surface area contributed by atoms with Gasteiger partial charge in [0.1, 0.15) is 0 Å². The number of amidine groups is 1. The standard InChI is InChI=1S/C24H24N2/c1-5-7-13-20(4)23(6-2)26-24(22-15-9-8-10-16-22)25-18-21-14-11-12-19(3)17-21/h5-18H,1,4H2,2-3H3/b13-7-,23-6-,25-18+,26-24-. The van der Waals surface area contributed by atoms with Gasteiger partial charge >= 0.3 is 0 Å². The summed E-state index contributed by atoms with van der Waals surface area (Å²) in [6.45, 7) is 11.8. The van der Waals surface area contributed by atoms with Crippen molar-refractivity contribution in [1.29, 1.82) is 0 Å². The number of aliphatic imine (C=N–C) groups is 2. The maximum atomic E-state index is 4.75. The zero-order valence-corrected chi connectivity index (χ0v) is 15.4. The molecule has 0 atom stereocenters. The summed E-state index contributed by atoms with van der Waals surface area (Å²) in [6, 6.07) is 18.2. The predicted octanol–water partition coefficient (Wildman–Crippen LogP) is 6.06. The molecule has 0 fully saturated rings. The summed E-state index contributed by atoms with van der Waals surface area (Å²) >= 11 is 0. The first-order valence-electron chi connectivity index (χ1n) is 8.53. The van der Waals surface area contributed by atoms with Crippen LogP contribution in [0.3, 0.4) is 0 Å². The largest absolute Gasteiger partial charge is 0.236 e. The quantitative estimate of drug-likeness (QED) is 0.347. The highest BCUT2D eigenvalue weighted by Gasteiger charge is 2.04. The van der Waals surface area contributed by atoms with Crippen LogP contribution in [-0.4, -0.2) is 12.1 Å². The van der Waals surface area contributed by atoms with Crippen LogP contribution in [0.2, 0.25) is 0 Å². The van der Waals surface area contributed by atoms with E-state index in [1.807, 2.05) is 73.8 Å². The SMILES string of the molecule is C=C/C=C\C(=C)C(=C/C)/N=C(\N=C\c1cccc(C)c1)c1ccccc1. The van der Waals surface area contributed by atoms with Crippen molar-refractivity contribution in [3.05, 3.63) is 120 Å². The first kappa shape index (κ1) is 19.1. The van der Waals surface area contributed by atoms with Crippen molar-refractivity contribution in [2.75, 3.05) is 0 Å². The average molecular weight is 340 g/mol. The first-order valence-corrected chi connectivity index (χ1v) is 8.53. The molecule has 0 saturated carbocycles. The fourth-order valence-electron chi connectivity index (χ4n) is 2.35. The summed E-state index contributed by atoms with van der Waals surface area (Å²) in [5.74, 6) is 0.647. The number of aryl methyl sites for hydroxylation is 1. The third-order valence-corrected chi connectivity index (χ3v) is 3.67. The second-order valence-electron chi connectivity index (χ2n) is 5.77. The summed E-state index contributed by atoms with van der Waals surface area (Å²) in [6.07, 6.45) is 9.23. The van der Waals surface area contributed by atoms with Crippen LogP contribution in [0.4, 0.5) is 0 Å². The van der Waals surface area contributed by atoms with Crippen molar-refractivity contribution in [3.63, 3.8) is 0 Å². The van der Waals surface area contributed by atoms with E-state index in [9.17, 15) is 0 Å². The molecule has 0 aliphatic carbocycles. The van der Waals surface area contributed by atoms with E-state index < -0.39 is 0 Å². The Bertz CT molecular complexity index is 881. The summed E-state index contributed by atoms with van der Waals surface area (Å²) in [7, 11) is 0. The lowest BCUT2D eigenvalue weighted by Gasteiger charge is -2.05. The third kappa shape index (κ3) is 5.67. The number of benzene rings is 2. The normalized spacial score (nSPS) is 12.7. The topological polar surface area (TPSA) is 24.7 Å². The molecule has 0 aliphatic rings. The minimum Gasteiger partial charge on any atom is -0.236 e. The number of hydrogen-bond donors (Lipinski definition) is 0. The minimum absolute atomic E-state index is 0.647. The Kier molecular flexibility index (Phi) is 7.26. The van der Waals surface area contributed by atoms with Crippen LogP contribution in [0.25, 0.3) is 0 Å². The van der Waals surface area contributed by atoms with Crippen LogP contribution in [0.15, 0.2) is 113 Å². The van der Waals surface area contributed by atoms with Gasteiger partial charge in [0.05, 0.1) is 5.70 Å². The Balaban J connectivity index is 2.42. The van der Waals surface area contributed by atoms with Crippen molar-refractivity contribution < 1.29 is 0 Å². The van der Waals surface area contributed by atoms with E-state index in [1.54, 1.807) is 6.08 Å². The van der Waals surface area contributed by atoms with Crippen LogP contribution in [0.1, 0.15) is 23.6 Å². The first-order chi connectivity index (χ1) is 12.6. The minimum atomic E-state index is 0.647. The number of rotatable bonds is 6. The molecule has 0 unspecified atom stereocenters. The van der Waals surface area contributed by atoms with Gasteiger partial charge in [0.2, 0.25) is 0 Å². The third-order valence-electron chi connectivity index (χ3n) is 3.67. The van der Waals surface area contributed by atoms with E-state index in [0.29, 0.717) is 5.84 Å². The molecule has 0 bridgehead atoms. The molecular weight excluding hydrogens is 316 g/mol. The number of allylic oxidation sites excluding steroid dienone is 4. The molecule has 2 aromatic carbocycles. The van der Waals surface area contributed by atoms with Crippen molar-refractivity contribution in [2.45, 2.75) is 13.8 Å². The Morgan fingerprint density at radius 2 is 1.81 bits per heavy atom. The summed E-state index contributed by atoms with van der Waals surface area (Å²) < 4.78 is 0. The van der Waals surface area contributed by atoms with Gasteiger partial charge in [-0.15, -0.1) is 0 Å². The fraction of sp³-hybridized carbons (Fsp3) is 0.0833. The van der Waals surface area contributed by atoms with Crippen molar-refractivity contribution in [3.8, 4) is 0 Å². The van der Waals surface area contributed by atoms with Crippen LogP contribution >= 0.6 is 0 Å². The predicted molar refractivity (Wildman–Crippen MR) is 114 cm³/mol. The smallest absolute Gasteiger partial charge is 0.159 e. The van der Waals surface area contributed by atoms with Gasteiger partial charge in [-0.2, -0.15) is 0 Å². The maximum absolute atomic E-state index is 4.75. The average Bonchev–Trinajstić information content (AvgIpc) is 2.67. The summed E-state index contributed by atoms with van der Waals surface area (Å²) in [5, 5.41) is 0. The van der Waals surface area contributed by atoms with Crippen LogP contribution in [0.5, 0.6) is 0 Å². The lowest BCUT2D eigenvalue weighted by molar-refractivity contribution is 1.31. The Labute approximate surface area is 156 Å². The molecule has 0 aliphatic heterocycles. The summed E-state index contributed by atoms with van der Waals surface area (Å²) in [4.78, 5) is 9.40. The van der Waals surface area contributed by atoms with Crippen LogP contribution in [-0.2, 0) is 0 Å². The molecule has 0 N–H and O–H groups in total. The zero-order chi connectivity index (χ0) is 18.8. The Morgan fingerprint density at radius 1 is 1.04 bits per heavy atom. The van der Waals surface area contributed by atoms with Gasteiger partial charge in [0, 0.05) is 11.8 Å². The zero-order valence-electron chi connectivity index (χ0n) is 15.4. The second-order valence-corrected chi connectivity index (χ2v) is 5.77. The molecule has 2 rings (SSSR count). The molecule has 0 aromatic heterocycles. The highest BCUT2D eigenvalue weighted by Crippen LogP contribution is 2.15. The molecule has 0 saturated heterocycles. The molecule has 130 valence electrons. The van der Waals surface area contributed by atoms with Crippen LogP contribution < -0.4 is 0 Å². The Hall–Kier alpha value is -3.26. The van der Waals surface area contributed by atoms with E-state index in [-0.39, 0.29) is 0 Å². The summed E-state index contributed by atoms with van der Waals surface area (Å²) in [5.41, 5.74) is 4.79. The van der Waals surface area contributed by atoms with Gasteiger partial charge in [0.15, 0.2) is 5.84 Å². The van der Waals surface area contributed by atoms with E-state index in [0.717, 1.165) is 22.4 Å². The van der Waals surface area contributed by atoms with E-state index in [2.05, 4.69) is 37.2 Å².